The van der Waals surface area contributed by atoms with Gasteiger partial charge in [0.2, 0.25) is 5.95 Å². The molecule has 1 aromatic heterocycles. The summed E-state index contributed by atoms with van der Waals surface area (Å²) in [5.74, 6) is 1.46. The van der Waals surface area contributed by atoms with Gasteiger partial charge in [0.25, 0.3) is 0 Å². The lowest BCUT2D eigenvalue weighted by Gasteiger charge is -2.09. The van der Waals surface area contributed by atoms with Gasteiger partial charge in [0.1, 0.15) is 11.6 Å². The molecular formula is C11H11BrClN5. The smallest absolute Gasteiger partial charge is 0.223 e. The number of nitrogens with zero attached hydrogens (tertiary/aromatic N) is 2. The first-order chi connectivity index (χ1) is 8.58. The van der Waals surface area contributed by atoms with E-state index in [0.717, 1.165) is 10.2 Å². The zero-order chi connectivity index (χ0) is 13.1. The van der Waals surface area contributed by atoms with Crippen LogP contribution in [0.1, 0.15) is 0 Å². The van der Waals surface area contributed by atoms with Crippen LogP contribution in [0.2, 0.25) is 5.02 Å². The molecule has 5 nitrogen and oxygen atoms in total. The largest absolute Gasteiger partial charge is 0.373 e. The lowest BCUT2D eigenvalue weighted by atomic mass is 10.3. The predicted molar refractivity (Wildman–Crippen MR) is 78.4 cm³/mol. The number of aromatic nitrogens is 2. The minimum absolute atomic E-state index is 0.203. The number of nitrogens with two attached hydrogens (primary N) is 1. The molecular weight excluding hydrogens is 318 g/mol. The first kappa shape index (κ1) is 12.9. The van der Waals surface area contributed by atoms with Crippen LogP contribution in [-0.4, -0.2) is 17.0 Å². The first-order valence-electron chi connectivity index (χ1n) is 5.13. The predicted octanol–water partition coefficient (Wildman–Crippen LogP) is 3.26. The highest BCUT2D eigenvalue weighted by Crippen LogP contribution is 2.28. The highest BCUT2D eigenvalue weighted by atomic mass is 79.9. The number of nitrogens with one attached hydrogen (secondary N) is 2. The second-order valence-corrected chi connectivity index (χ2v) is 4.79. The van der Waals surface area contributed by atoms with Crippen LogP contribution in [0, 0.1) is 0 Å². The molecule has 4 N–H and O–H groups in total. The molecule has 0 spiro atoms. The van der Waals surface area contributed by atoms with Crippen molar-refractivity contribution in [3.05, 3.63) is 33.8 Å². The van der Waals surface area contributed by atoms with E-state index in [1.54, 1.807) is 25.2 Å². The molecule has 2 rings (SSSR count). The summed E-state index contributed by atoms with van der Waals surface area (Å²) in [7, 11) is 1.77. The van der Waals surface area contributed by atoms with E-state index in [0.29, 0.717) is 16.7 Å². The van der Waals surface area contributed by atoms with Crippen LogP contribution in [0.5, 0.6) is 0 Å². The SMILES string of the molecule is CNc1cc(Nc2ccc(Cl)cc2Br)nc(N)n1. The Bertz CT molecular complexity index is 575. The van der Waals surface area contributed by atoms with Crippen molar-refractivity contribution in [3.8, 4) is 0 Å². The molecule has 7 heteroatoms. The van der Waals surface area contributed by atoms with Gasteiger partial charge in [0.05, 0.1) is 5.69 Å². The lowest BCUT2D eigenvalue weighted by molar-refractivity contribution is 1.17. The van der Waals surface area contributed by atoms with E-state index in [1.165, 1.54) is 0 Å². The van der Waals surface area contributed by atoms with Gasteiger partial charge in [-0.1, -0.05) is 11.6 Å². The molecule has 0 saturated heterocycles. The number of rotatable bonds is 3. The molecule has 1 heterocycles. The maximum atomic E-state index is 5.88. The average Bonchev–Trinajstić information content (AvgIpc) is 2.32. The molecule has 0 fully saturated rings. The molecule has 94 valence electrons. The average molecular weight is 329 g/mol. The third-order valence-corrected chi connectivity index (χ3v) is 3.08. The van der Waals surface area contributed by atoms with E-state index >= 15 is 0 Å². The highest BCUT2D eigenvalue weighted by Gasteiger charge is 2.05. The summed E-state index contributed by atoms with van der Waals surface area (Å²) in [6, 6.07) is 7.20. The van der Waals surface area contributed by atoms with Gasteiger partial charge in [-0.15, -0.1) is 0 Å². The van der Waals surface area contributed by atoms with E-state index in [9.17, 15) is 0 Å². The zero-order valence-corrected chi connectivity index (χ0v) is 11.9. The van der Waals surface area contributed by atoms with E-state index in [1.807, 2.05) is 6.07 Å². The van der Waals surface area contributed by atoms with Gasteiger partial charge in [0.15, 0.2) is 0 Å². The molecule has 2 aromatic rings. The van der Waals surface area contributed by atoms with Crippen molar-refractivity contribution < 1.29 is 0 Å². The maximum Gasteiger partial charge on any atom is 0.223 e. The third kappa shape index (κ3) is 3.02. The van der Waals surface area contributed by atoms with Crippen molar-refractivity contribution in [1.29, 1.82) is 0 Å². The van der Waals surface area contributed by atoms with Crippen LogP contribution in [0.3, 0.4) is 0 Å². The van der Waals surface area contributed by atoms with Crippen LogP contribution in [-0.2, 0) is 0 Å². The Kier molecular flexibility index (Phi) is 3.88. The van der Waals surface area contributed by atoms with E-state index in [-0.39, 0.29) is 5.95 Å². The monoisotopic (exact) mass is 327 g/mol. The normalized spacial score (nSPS) is 10.2. The molecule has 0 aliphatic carbocycles. The Morgan fingerprint density at radius 3 is 2.61 bits per heavy atom. The molecule has 0 unspecified atom stereocenters. The van der Waals surface area contributed by atoms with Gasteiger partial charge in [-0.05, 0) is 34.1 Å². The molecule has 0 aliphatic rings. The number of hydrogen-bond donors (Lipinski definition) is 3. The lowest BCUT2D eigenvalue weighted by Crippen LogP contribution is -2.03. The Labute approximate surface area is 118 Å². The van der Waals surface area contributed by atoms with Crippen LogP contribution in [0.4, 0.5) is 23.3 Å². The van der Waals surface area contributed by atoms with Crippen LogP contribution in [0.15, 0.2) is 28.7 Å². The third-order valence-electron chi connectivity index (χ3n) is 2.19. The van der Waals surface area contributed by atoms with Gasteiger partial charge in [-0.25, -0.2) is 0 Å². The summed E-state index contributed by atoms with van der Waals surface area (Å²) >= 11 is 9.30. The number of anilines is 4. The van der Waals surface area contributed by atoms with Gasteiger partial charge in [-0.2, -0.15) is 9.97 Å². The first-order valence-corrected chi connectivity index (χ1v) is 6.30. The fourth-order valence-corrected chi connectivity index (χ4v) is 2.17. The quantitative estimate of drug-likeness (QED) is 0.806. The van der Waals surface area contributed by atoms with Crippen LogP contribution < -0.4 is 16.4 Å². The minimum atomic E-state index is 0.203. The molecule has 0 radical (unpaired) electrons. The standard InChI is InChI=1S/C11H11BrClN5/c1-15-9-5-10(18-11(14)17-9)16-8-3-2-6(13)4-7(8)12/h2-5H,1H3,(H4,14,15,16,17,18). The number of halogens is 2. The highest BCUT2D eigenvalue weighted by molar-refractivity contribution is 9.10. The summed E-state index contributed by atoms with van der Waals surface area (Å²) in [6.45, 7) is 0. The Balaban J connectivity index is 2.30. The van der Waals surface area contributed by atoms with Crippen LogP contribution >= 0.6 is 27.5 Å². The molecule has 0 saturated carbocycles. The summed E-state index contributed by atoms with van der Waals surface area (Å²) in [5.41, 5.74) is 6.46. The van der Waals surface area contributed by atoms with E-state index < -0.39 is 0 Å². The molecule has 0 bridgehead atoms. The van der Waals surface area contributed by atoms with Crippen LogP contribution in [0.25, 0.3) is 0 Å². The van der Waals surface area contributed by atoms with Crippen molar-refractivity contribution in [2.75, 3.05) is 23.4 Å². The van der Waals surface area contributed by atoms with Crippen molar-refractivity contribution in [2.45, 2.75) is 0 Å². The summed E-state index contributed by atoms with van der Waals surface area (Å²) in [4.78, 5) is 8.12. The van der Waals surface area contributed by atoms with Crippen molar-refractivity contribution in [3.63, 3.8) is 0 Å². The van der Waals surface area contributed by atoms with Crippen molar-refractivity contribution >= 4 is 50.8 Å². The topological polar surface area (TPSA) is 75.9 Å². The van der Waals surface area contributed by atoms with Crippen molar-refractivity contribution in [1.82, 2.24) is 9.97 Å². The number of nitrogen functional groups attached to an aromatic ring is 1. The molecule has 0 aliphatic heterocycles. The molecule has 0 amide bonds. The van der Waals surface area contributed by atoms with Gasteiger partial charge < -0.3 is 16.4 Å². The van der Waals surface area contributed by atoms with E-state index in [4.69, 9.17) is 17.3 Å². The van der Waals surface area contributed by atoms with Gasteiger partial charge >= 0.3 is 0 Å². The van der Waals surface area contributed by atoms with Gasteiger partial charge in [0, 0.05) is 22.6 Å². The second kappa shape index (κ2) is 5.41. The summed E-state index contributed by atoms with van der Waals surface area (Å²) in [5, 5.41) is 6.71. The van der Waals surface area contributed by atoms with Crippen molar-refractivity contribution in [2.24, 2.45) is 0 Å². The Morgan fingerprint density at radius 2 is 1.94 bits per heavy atom. The Hall–Kier alpha value is -1.53. The molecule has 0 atom stereocenters. The zero-order valence-electron chi connectivity index (χ0n) is 9.54. The second-order valence-electron chi connectivity index (χ2n) is 3.50. The molecule has 1 aromatic carbocycles. The summed E-state index contributed by atoms with van der Waals surface area (Å²) in [6.07, 6.45) is 0. The maximum absolute atomic E-state index is 5.88. The minimum Gasteiger partial charge on any atom is -0.373 e. The Morgan fingerprint density at radius 1 is 1.22 bits per heavy atom. The number of benzene rings is 1. The molecule has 18 heavy (non-hydrogen) atoms. The van der Waals surface area contributed by atoms with E-state index in [2.05, 4.69) is 36.5 Å². The fourth-order valence-electron chi connectivity index (χ4n) is 1.39. The summed E-state index contributed by atoms with van der Waals surface area (Å²) < 4.78 is 0.846. The fraction of sp³-hybridized carbons (Fsp3) is 0.0909. The number of hydrogen-bond acceptors (Lipinski definition) is 5. The van der Waals surface area contributed by atoms with Gasteiger partial charge in [-0.3, -0.25) is 0 Å².